The van der Waals surface area contributed by atoms with Crippen LogP contribution in [0, 0.1) is 5.82 Å². The van der Waals surface area contributed by atoms with E-state index in [9.17, 15) is 9.18 Å². The lowest BCUT2D eigenvalue weighted by molar-refractivity contribution is 0.0636. The summed E-state index contributed by atoms with van der Waals surface area (Å²) in [5, 5.41) is 6.97. The zero-order valence-electron chi connectivity index (χ0n) is 24.0. The summed E-state index contributed by atoms with van der Waals surface area (Å²) < 4.78 is 14.8. The standard InChI is InChI=1S/C33H33ClFN7O/c1-36-13-4-14-41-15-17-42(18-16-41)32(43)22-7-10-25(11-8-22)39-33-38-21-23-20-37-31(27-5-2-3-6-29(27)35)28-19-24(34)9-12-26(28)30(23)40-33/h2-3,5-12,19,21,36H,4,13-18,20H2,1H3,(H,38,39,40). The van der Waals surface area contributed by atoms with E-state index in [0.29, 0.717) is 45.6 Å². The second-order valence-corrected chi connectivity index (χ2v) is 11.1. The molecule has 1 amide bonds. The van der Waals surface area contributed by atoms with E-state index in [1.165, 1.54) is 6.07 Å². The monoisotopic (exact) mass is 597 g/mol. The summed E-state index contributed by atoms with van der Waals surface area (Å²) in [6.07, 6.45) is 2.85. The van der Waals surface area contributed by atoms with Crippen LogP contribution >= 0.6 is 11.6 Å². The Morgan fingerprint density at radius 3 is 2.53 bits per heavy atom. The Labute approximate surface area is 255 Å². The van der Waals surface area contributed by atoms with E-state index in [4.69, 9.17) is 21.6 Å². The minimum absolute atomic E-state index is 0.0450. The van der Waals surface area contributed by atoms with Crippen LogP contribution in [0.4, 0.5) is 16.0 Å². The smallest absolute Gasteiger partial charge is 0.253 e. The van der Waals surface area contributed by atoms with Crippen LogP contribution in [0.1, 0.15) is 33.5 Å². The molecule has 0 spiro atoms. The predicted octanol–water partition coefficient (Wildman–Crippen LogP) is 5.40. The summed E-state index contributed by atoms with van der Waals surface area (Å²) in [7, 11) is 1.97. The van der Waals surface area contributed by atoms with Crippen molar-refractivity contribution in [2.45, 2.75) is 13.0 Å². The highest BCUT2D eigenvalue weighted by molar-refractivity contribution is 6.31. The summed E-state index contributed by atoms with van der Waals surface area (Å²) in [6, 6.07) is 19.5. The van der Waals surface area contributed by atoms with Gasteiger partial charge in [-0.05, 0) is 75.1 Å². The van der Waals surface area contributed by atoms with Gasteiger partial charge in [0.15, 0.2) is 0 Å². The van der Waals surface area contributed by atoms with E-state index in [1.54, 1.807) is 36.5 Å². The van der Waals surface area contributed by atoms with E-state index < -0.39 is 0 Å². The van der Waals surface area contributed by atoms with E-state index >= 15 is 0 Å². The number of benzene rings is 3. The van der Waals surface area contributed by atoms with Gasteiger partial charge >= 0.3 is 0 Å². The largest absolute Gasteiger partial charge is 0.336 e. The van der Waals surface area contributed by atoms with Crippen LogP contribution < -0.4 is 10.6 Å². The number of amides is 1. The van der Waals surface area contributed by atoms with Gasteiger partial charge < -0.3 is 15.5 Å². The van der Waals surface area contributed by atoms with E-state index in [-0.39, 0.29) is 11.7 Å². The van der Waals surface area contributed by atoms with Crippen LogP contribution in [0.25, 0.3) is 11.3 Å². The molecule has 220 valence electrons. The molecule has 3 heterocycles. The molecule has 8 nitrogen and oxygen atoms in total. The third kappa shape index (κ3) is 6.44. The van der Waals surface area contributed by atoms with Gasteiger partial charge in [-0.1, -0.05) is 29.8 Å². The lowest BCUT2D eigenvalue weighted by Crippen LogP contribution is -2.49. The van der Waals surface area contributed by atoms with Crippen LogP contribution in [-0.4, -0.2) is 77.7 Å². The SMILES string of the molecule is CNCCCN1CCN(C(=O)c2ccc(Nc3ncc4c(n3)-c3ccc(Cl)cc3C(c3ccccc3F)=NC4)cc2)CC1. The van der Waals surface area contributed by atoms with Gasteiger partial charge in [-0.2, -0.15) is 0 Å². The maximum atomic E-state index is 14.8. The number of nitrogens with one attached hydrogen (secondary N) is 2. The normalized spacial score (nSPS) is 14.9. The van der Waals surface area contributed by atoms with Crippen molar-refractivity contribution < 1.29 is 9.18 Å². The number of piperazine rings is 1. The molecule has 0 unspecified atom stereocenters. The van der Waals surface area contributed by atoms with Gasteiger partial charge in [0.2, 0.25) is 5.95 Å². The molecule has 0 radical (unpaired) electrons. The highest BCUT2D eigenvalue weighted by Gasteiger charge is 2.24. The average Bonchev–Trinajstić information content (AvgIpc) is 3.18. The number of aromatic nitrogens is 2. The molecule has 10 heteroatoms. The molecule has 6 rings (SSSR count). The average molecular weight is 598 g/mol. The van der Waals surface area contributed by atoms with Gasteiger partial charge in [-0.3, -0.25) is 14.7 Å². The summed E-state index contributed by atoms with van der Waals surface area (Å²) >= 11 is 6.38. The van der Waals surface area contributed by atoms with Crippen molar-refractivity contribution in [2.24, 2.45) is 4.99 Å². The number of hydrogen-bond acceptors (Lipinski definition) is 7. The van der Waals surface area contributed by atoms with Crippen molar-refractivity contribution in [1.82, 2.24) is 25.1 Å². The number of halogens is 2. The number of nitrogens with zero attached hydrogens (tertiary/aromatic N) is 5. The van der Waals surface area contributed by atoms with Crippen molar-refractivity contribution in [3.63, 3.8) is 0 Å². The molecule has 0 bridgehead atoms. The Balaban J connectivity index is 1.18. The second-order valence-electron chi connectivity index (χ2n) is 10.7. The number of carbonyl (C=O) groups is 1. The molecule has 43 heavy (non-hydrogen) atoms. The van der Waals surface area contributed by atoms with Gasteiger partial charge in [0.1, 0.15) is 5.82 Å². The first-order valence-electron chi connectivity index (χ1n) is 14.5. The summed E-state index contributed by atoms with van der Waals surface area (Å²) in [6.45, 7) is 5.61. The highest BCUT2D eigenvalue weighted by Crippen LogP contribution is 2.34. The minimum atomic E-state index is -0.351. The molecule has 1 fully saturated rings. The molecule has 0 aliphatic carbocycles. The maximum absolute atomic E-state index is 14.8. The molecule has 0 saturated carbocycles. The Morgan fingerprint density at radius 2 is 1.77 bits per heavy atom. The first-order valence-corrected chi connectivity index (χ1v) is 14.9. The molecule has 1 aromatic heterocycles. The molecular weight excluding hydrogens is 565 g/mol. The van der Waals surface area contributed by atoms with E-state index in [2.05, 4.69) is 20.5 Å². The molecule has 1 saturated heterocycles. The summed E-state index contributed by atoms with van der Waals surface area (Å²) in [4.78, 5) is 31.6. The van der Waals surface area contributed by atoms with Crippen LogP contribution in [0.3, 0.4) is 0 Å². The Bertz CT molecular complexity index is 1650. The number of hydrogen-bond donors (Lipinski definition) is 2. The second kappa shape index (κ2) is 13.0. The third-order valence-electron chi connectivity index (χ3n) is 7.84. The Kier molecular flexibility index (Phi) is 8.74. The lowest BCUT2D eigenvalue weighted by Gasteiger charge is -2.34. The first-order chi connectivity index (χ1) is 21.0. The van der Waals surface area contributed by atoms with Gasteiger partial charge in [0, 0.05) is 70.9 Å². The molecule has 2 aliphatic heterocycles. The van der Waals surface area contributed by atoms with Crippen LogP contribution in [0.5, 0.6) is 0 Å². The Hall–Kier alpha value is -4.18. The topological polar surface area (TPSA) is 85.8 Å². The quantitative estimate of drug-likeness (QED) is 0.265. The third-order valence-corrected chi connectivity index (χ3v) is 8.08. The van der Waals surface area contributed by atoms with Gasteiger partial charge in [0.05, 0.1) is 18.0 Å². The summed E-state index contributed by atoms with van der Waals surface area (Å²) in [5.41, 5.74) is 5.39. The first kappa shape index (κ1) is 28.9. The van der Waals surface area contributed by atoms with Crippen LogP contribution in [-0.2, 0) is 6.54 Å². The molecule has 2 aliphatic rings. The number of carbonyl (C=O) groups excluding carboxylic acids is 1. The number of aliphatic imine (C=N–C) groups is 1. The lowest BCUT2D eigenvalue weighted by atomic mass is 9.95. The van der Waals surface area contributed by atoms with Crippen LogP contribution in [0.2, 0.25) is 5.02 Å². The van der Waals surface area contributed by atoms with Gasteiger partial charge in [0.25, 0.3) is 5.91 Å². The molecule has 2 N–H and O–H groups in total. The van der Waals surface area contributed by atoms with Gasteiger partial charge in [-0.25, -0.2) is 14.4 Å². The molecular formula is C33H33ClFN7O. The van der Waals surface area contributed by atoms with Crippen molar-refractivity contribution in [3.05, 3.63) is 106 Å². The minimum Gasteiger partial charge on any atom is -0.336 e. The Morgan fingerprint density at radius 1 is 0.977 bits per heavy atom. The van der Waals surface area contributed by atoms with E-state index in [1.807, 2.05) is 42.3 Å². The highest BCUT2D eigenvalue weighted by atomic mass is 35.5. The van der Waals surface area contributed by atoms with Gasteiger partial charge in [-0.15, -0.1) is 0 Å². The van der Waals surface area contributed by atoms with Crippen LogP contribution in [0.15, 0.2) is 77.9 Å². The number of rotatable bonds is 8. The molecule has 3 aromatic carbocycles. The predicted molar refractivity (Wildman–Crippen MR) is 169 cm³/mol. The van der Waals surface area contributed by atoms with Crippen molar-refractivity contribution in [3.8, 4) is 11.3 Å². The fourth-order valence-corrected chi connectivity index (χ4v) is 5.70. The van der Waals surface area contributed by atoms with Crippen molar-refractivity contribution >= 4 is 34.9 Å². The zero-order valence-corrected chi connectivity index (χ0v) is 24.7. The number of anilines is 2. The number of fused-ring (bicyclic) bond motifs is 3. The molecule has 0 atom stereocenters. The zero-order chi connectivity index (χ0) is 29.8. The van der Waals surface area contributed by atoms with E-state index in [0.717, 1.165) is 62.5 Å². The summed E-state index contributed by atoms with van der Waals surface area (Å²) in [5.74, 6) is 0.0991. The fraction of sp³-hybridized carbons (Fsp3) is 0.273. The maximum Gasteiger partial charge on any atom is 0.253 e. The fourth-order valence-electron chi connectivity index (χ4n) is 5.53. The van der Waals surface area contributed by atoms with Crippen molar-refractivity contribution in [2.75, 3.05) is 51.6 Å². The van der Waals surface area contributed by atoms with Crippen molar-refractivity contribution in [1.29, 1.82) is 0 Å². The molecule has 4 aromatic rings.